The fraction of sp³-hybridized carbons (Fsp3) is 0.429. The summed E-state index contributed by atoms with van der Waals surface area (Å²) in [6.45, 7) is 3.50. The number of aryl methyl sites for hydroxylation is 1. The standard InChI is InChI=1S/C7H9NOS2/c1-4(9)6-5(2)11-8-7(6)10-3/h1-3H3. The number of nitrogens with zero attached hydrogens (tertiary/aromatic N) is 1. The van der Waals surface area contributed by atoms with Crippen LogP contribution in [0.4, 0.5) is 0 Å². The van der Waals surface area contributed by atoms with Crippen LogP contribution in [0.15, 0.2) is 5.03 Å². The molecule has 4 heteroatoms. The minimum atomic E-state index is 0.112. The normalized spacial score (nSPS) is 10.1. The summed E-state index contributed by atoms with van der Waals surface area (Å²) in [5, 5.41) is 0.861. The number of ketones is 1. The van der Waals surface area contributed by atoms with Gasteiger partial charge in [0.1, 0.15) is 5.03 Å². The van der Waals surface area contributed by atoms with Gasteiger partial charge in [0, 0.05) is 4.88 Å². The van der Waals surface area contributed by atoms with Crippen molar-refractivity contribution in [1.29, 1.82) is 0 Å². The molecule has 0 saturated carbocycles. The molecule has 0 bridgehead atoms. The molecule has 0 saturated heterocycles. The first kappa shape index (κ1) is 8.74. The van der Waals surface area contributed by atoms with Crippen molar-refractivity contribution < 1.29 is 4.79 Å². The molecule has 1 heterocycles. The second kappa shape index (κ2) is 3.36. The predicted octanol–water partition coefficient (Wildman–Crippen LogP) is 2.38. The van der Waals surface area contributed by atoms with E-state index in [0.29, 0.717) is 0 Å². The molecule has 1 aromatic rings. The van der Waals surface area contributed by atoms with Gasteiger partial charge in [-0.1, -0.05) is 0 Å². The maximum Gasteiger partial charge on any atom is 0.163 e. The van der Waals surface area contributed by atoms with Gasteiger partial charge in [-0.15, -0.1) is 11.8 Å². The smallest absolute Gasteiger partial charge is 0.163 e. The van der Waals surface area contributed by atoms with Gasteiger partial charge in [-0.2, -0.15) is 4.37 Å². The first-order valence-electron chi connectivity index (χ1n) is 3.18. The van der Waals surface area contributed by atoms with E-state index in [2.05, 4.69) is 4.37 Å². The van der Waals surface area contributed by atoms with Crippen molar-refractivity contribution in [2.75, 3.05) is 6.26 Å². The van der Waals surface area contributed by atoms with Crippen LogP contribution in [0.2, 0.25) is 0 Å². The molecule has 0 N–H and O–H groups in total. The number of hydrogen-bond acceptors (Lipinski definition) is 4. The Morgan fingerprint density at radius 3 is 2.64 bits per heavy atom. The number of thioether (sulfide) groups is 1. The number of aromatic nitrogens is 1. The van der Waals surface area contributed by atoms with Crippen molar-refractivity contribution in [1.82, 2.24) is 4.37 Å². The van der Waals surface area contributed by atoms with Crippen molar-refractivity contribution in [3.8, 4) is 0 Å². The average Bonchev–Trinajstić information content (AvgIpc) is 2.30. The van der Waals surface area contributed by atoms with E-state index in [4.69, 9.17) is 0 Å². The van der Waals surface area contributed by atoms with E-state index in [0.717, 1.165) is 15.5 Å². The van der Waals surface area contributed by atoms with Crippen LogP contribution in [0, 0.1) is 6.92 Å². The van der Waals surface area contributed by atoms with Crippen molar-refractivity contribution >= 4 is 29.1 Å². The van der Waals surface area contributed by atoms with Gasteiger partial charge in [0.25, 0.3) is 0 Å². The molecular formula is C7H9NOS2. The molecule has 0 aliphatic heterocycles. The lowest BCUT2D eigenvalue weighted by atomic mass is 10.2. The predicted molar refractivity (Wildman–Crippen MR) is 48.6 cm³/mol. The van der Waals surface area contributed by atoms with Crippen LogP contribution in [-0.2, 0) is 0 Å². The summed E-state index contributed by atoms with van der Waals surface area (Å²) >= 11 is 2.92. The summed E-state index contributed by atoms with van der Waals surface area (Å²) in [7, 11) is 0. The Bertz CT molecular complexity index is 280. The number of carbonyl (C=O) groups excluding carboxylic acids is 1. The van der Waals surface area contributed by atoms with Gasteiger partial charge in [0.05, 0.1) is 5.56 Å². The molecule has 1 rings (SSSR count). The summed E-state index contributed by atoms with van der Waals surface area (Å²) in [5.74, 6) is 0.112. The summed E-state index contributed by atoms with van der Waals surface area (Å²) in [4.78, 5) is 12.1. The lowest BCUT2D eigenvalue weighted by Gasteiger charge is -1.93. The van der Waals surface area contributed by atoms with Gasteiger partial charge in [0.2, 0.25) is 0 Å². The highest BCUT2D eigenvalue weighted by molar-refractivity contribution is 7.98. The van der Waals surface area contributed by atoms with Crippen LogP contribution in [-0.4, -0.2) is 16.4 Å². The fourth-order valence-electron chi connectivity index (χ4n) is 0.890. The summed E-state index contributed by atoms with van der Waals surface area (Å²) < 4.78 is 4.14. The molecule has 0 aliphatic rings. The minimum Gasteiger partial charge on any atom is -0.294 e. The summed E-state index contributed by atoms with van der Waals surface area (Å²) in [6, 6.07) is 0. The molecule has 0 aromatic carbocycles. The minimum absolute atomic E-state index is 0.112. The van der Waals surface area contributed by atoms with E-state index >= 15 is 0 Å². The molecule has 0 aliphatic carbocycles. The van der Waals surface area contributed by atoms with Gasteiger partial charge in [0.15, 0.2) is 5.78 Å². The molecule has 0 radical (unpaired) electrons. The Morgan fingerprint density at radius 1 is 1.64 bits per heavy atom. The van der Waals surface area contributed by atoms with Crippen LogP contribution in [0.3, 0.4) is 0 Å². The number of hydrogen-bond donors (Lipinski definition) is 0. The first-order chi connectivity index (χ1) is 5.16. The van der Waals surface area contributed by atoms with Crippen LogP contribution in [0.5, 0.6) is 0 Å². The number of Topliss-reactive ketones (excluding diaryl/α,β-unsaturated/α-hetero) is 1. The molecule has 1 aromatic heterocycles. The van der Waals surface area contributed by atoms with E-state index < -0.39 is 0 Å². The second-order valence-corrected chi connectivity index (χ2v) is 3.95. The lowest BCUT2D eigenvalue weighted by Crippen LogP contribution is -1.93. The van der Waals surface area contributed by atoms with Crippen molar-refractivity contribution in [2.45, 2.75) is 18.9 Å². The third-order valence-electron chi connectivity index (χ3n) is 1.38. The zero-order valence-electron chi connectivity index (χ0n) is 6.67. The molecular weight excluding hydrogens is 178 g/mol. The van der Waals surface area contributed by atoms with E-state index in [1.807, 2.05) is 13.2 Å². The summed E-state index contributed by atoms with van der Waals surface area (Å²) in [5.41, 5.74) is 0.794. The van der Waals surface area contributed by atoms with E-state index in [1.165, 1.54) is 23.3 Å². The average molecular weight is 187 g/mol. The molecule has 11 heavy (non-hydrogen) atoms. The Balaban J connectivity index is 3.17. The first-order valence-corrected chi connectivity index (χ1v) is 5.17. The van der Waals surface area contributed by atoms with Crippen LogP contribution >= 0.6 is 23.3 Å². The zero-order valence-corrected chi connectivity index (χ0v) is 8.30. The molecule has 0 amide bonds. The van der Waals surface area contributed by atoms with Gasteiger partial charge in [-0.25, -0.2) is 0 Å². The maximum absolute atomic E-state index is 11.1. The molecule has 60 valence electrons. The largest absolute Gasteiger partial charge is 0.294 e. The maximum atomic E-state index is 11.1. The third-order valence-corrected chi connectivity index (χ3v) is 2.93. The van der Waals surface area contributed by atoms with Gasteiger partial charge in [-0.3, -0.25) is 4.79 Å². The monoisotopic (exact) mass is 187 g/mol. The van der Waals surface area contributed by atoms with Crippen molar-refractivity contribution in [3.05, 3.63) is 10.4 Å². The summed E-state index contributed by atoms with van der Waals surface area (Å²) in [6.07, 6.45) is 1.93. The Morgan fingerprint density at radius 2 is 2.27 bits per heavy atom. The van der Waals surface area contributed by atoms with Gasteiger partial charge >= 0.3 is 0 Å². The number of rotatable bonds is 2. The third kappa shape index (κ3) is 1.62. The lowest BCUT2D eigenvalue weighted by molar-refractivity contribution is 0.101. The highest BCUT2D eigenvalue weighted by atomic mass is 32.2. The Labute approximate surface area is 74.2 Å². The van der Waals surface area contributed by atoms with Crippen LogP contribution in [0.1, 0.15) is 22.2 Å². The Kier molecular flexibility index (Phi) is 2.67. The molecule has 0 atom stereocenters. The fourth-order valence-corrected chi connectivity index (χ4v) is 2.51. The van der Waals surface area contributed by atoms with Crippen LogP contribution < -0.4 is 0 Å². The van der Waals surface area contributed by atoms with E-state index in [1.54, 1.807) is 6.92 Å². The van der Waals surface area contributed by atoms with Gasteiger partial charge in [-0.05, 0) is 31.6 Å². The molecule has 0 fully saturated rings. The highest BCUT2D eigenvalue weighted by Crippen LogP contribution is 2.25. The zero-order chi connectivity index (χ0) is 8.43. The highest BCUT2D eigenvalue weighted by Gasteiger charge is 2.13. The number of carbonyl (C=O) groups is 1. The molecule has 0 unspecified atom stereocenters. The topological polar surface area (TPSA) is 30.0 Å². The SMILES string of the molecule is CSc1nsc(C)c1C(C)=O. The van der Waals surface area contributed by atoms with E-state index in [-0.39, 0.29) is 5.78 Å². The van der Waals surface area contributed by atoms with Crippen molar-refractivity contribution in [2.24, 2.45) is 0 Å². The second-order valence-electron chi connectivity index (χ2n) is 2.18. The Hall–Kier alpha value is -0.350. The molecule has 2 nitrogen and oxygen atoms in total. The van der Waals surface area contributed by atoms with Crippen LogP contribution in [0.25, 0.3) is 0 Å². The quantitative estimate of drug-likeness (QED) is 0.526. The van der Waals surface area contributed by atoms with Gasteiger partial charge < -0.3 is 0 Å². The van der Waals surface area contributed by atoms with Crippen molar-refractivity contribution in [3.63, 3.8) is 0 Å². The van der Waals surface area contributed by atoms with E-state index in [9.17, 15) is 4.79 Å². The molecule has 0 spiro atoms.